The van der Waals surface area contributed by atoms with Crippen LogP contribution < -0.4 is 0 Å². The lowest BCUT2D eigenvalue weighted by atomic mass is 9.97. The van der Waals surface area contributed by atoms with Crippen LogP contribution in [-0.2, 0) is 25.1 Å². The van der Waals surface area contributed by atoms with Gasteiger partial charge in [-0.25, -0.2) is 8.42 Å². The van der Waals surface area contributed by atoms with E-state index in [-0.39, 0.29) is 11.5 Å². The number of hydrogen-bond acceptors (Lipinski definition) is 4. The van der Waals surface area contributed by atoms with E-state index < -0.39 is 21.2 Å². The largest absolute Gasteiger partial charge is 0.469 e. The second-order valence-corrected chi connectivity index (χ2v) is 7.97. The summed E-state index contributed by atoms with van der Waals surface area (Å²) >= 11 is 0. The number of methoxy groups -OCH3 is 1. The van der Waals surface area contributed by atoms with Gasteiger partial charge in [0.15, 0.2) is 9.84 Å². The van der Waals surface area contributed by atoms with Crippen molar-refractivity contribution in [3.05, 3.63) is 34.9 Å². The van der Waals surface area contributed by atoms with Gasteiger partial charge in [0.2, 0.25) is 0 Å². The highest BCUT2D eigenvalue weighted by Crippen LogP contribution is 2.22. The summed E-state index contributed by atoms with van der Waals surface area (Å²) in [5, 5.41) is 0. The van der Waals surface area contributed by atoms with Crippen LogP contribution in [0.15, 0.2) is 18.2 Å². The van der Waals surface area contributed by atoms with E-state index >= 15 is 0 Å². The summed E-state index contributed by atoms with van der Waals surface area (Å²) in [5.74, 6) is -0.795. The molecule has 1 aromatic rings. The molecule has 20 heavy (non-hydrogen) atoms. The number of rotatable bonds is 5. The van der Waals surface area contributed by atoms with E-state index in [0.717, 1.165) is 16.7 Å². The van der Waals surface area contributed by atoms with Gasteiger partial charge in [-0.3, -0.25) is 4.79 Å². The molecule has 0 unspecified atom stereocenters. The SMILES string of the molecule is COC(=O)C(C)(C)CS(=O)(=O)Cc1cc(C)cc(C)c1. The van der Waals surface area contributed by atoms with Crippen LogP contribution in [0.1, 0.15) is 30.5 Å². The van der Waals surface area contributed by atoms with Gasteiger partial charge < -0.3 is 4.74 Å². The highest BCUT2D eigenvalue weighted by Gasteiger charge is 2.34. The fraction of sp³-hybridized carbons (Fsp3) is 0.533. The number of carbonyl (C=O) groups excluding carboxylic acids is 1. The van der Waals surface area contributed by atoms with Gasteiger partial charge >= 0.3 is 5.97 Å². The molecule has 0 saturated carbocycles. The quantitative estimate of drug-likeness (QED) is 0.783. The number of sulfone groups is 1. The molecule has 0 aliphatic heterocycles. The number of esters is 1. The molecule has 5 heteroatoms. The van der Waals surface area contributed by atoms with Crippen molar-refractivity contribution in [2.75, 3.05) is 12.9 Å². The van der Waals surface area contributed by atoms with Crippen molar-refractivity contribution in [2.24, 2.45) is 5.41 Å². The van der Waals surface area contributed by atoms with Crippen molar-refractivity contribution >= 4 is 15.8 Å². The van der Waals surface area contributed by atoms with E-state index in [0.29, 0.717) is 0 Å². The first-order valence-electron chi connectivity index (χ1n) is 6.42. The van der Waals surface area contributed by atoms with Crippen molar-refractivity contribution in [2.45, 2.75) is 33.4 Å². The second-order valence-electron chi connectivity index (χ2n) is 5.90. The van der Waals surface area contributed by atoms with Gasteiger partial charge in [0.25, 0.3) is 0 Å². The first-order chi connectivity index (χ1) is 9.05. The highest BCUT2D eigenvalue weighted by atomic mass is 32.2. The van der Waals surface area contributed by atoms with E-state index in [1.165, 1.54) is 7.11 Å². The Hall–Kier alpha value is -1.36. The Kier molecular flexibility index (Phi) is 4.97. The van der Waals surface area contributed by atoms with Gasteiger partial charge in [-0.15, -0.1) is 0 Å². The molecule has 0 fully saturated rings. The standard InChI is InChI=1S/C15H22O4S/c1-11-6-12(2)8-13(7-11)9-20(17,18)10-15(3,4)14(16)19-5/h6-8H,9-10H2,1-5H3. The van der Waals surface area contributed by atoms with Gasteiger partial charge in [0.1, 0.15) is 0 Å². The molecule has 0 heterocycles. The third-order valence-electron chi connectivity index (χ3n) is 2.99. The monoisotopic (exact) mass is 298 g/mol. The number of aryl methyl sites for hydroxylation is 2. The summed E-state index contributed by atoms with van der Waals surface area (Å²) in [6, 6.07) is 5.71. The average molecular weight is 298 g/mol. The number of carbonyl (C=O) groups is 1. The second kappa shape index (κ2) is 5.95. The Morgan fingerprint density at radius 1 is 1.15 bits per heavy atom. The minimum Gasteiger partial charge on any atom is -0.469 e. The van der Waals surface area contributed by atoms with Crippen LogP contribution >= 0.6 is 0 Å². The lowest BCUT2D eigenvalue weighted by Crippen LogP contribution is -2.34. The summed E-state index contributed by atoms with van der Waals surface area (Å²) in [6.07, 6.45) is 0. The predicted octanol–water partition coefficient (Wildman–Crippen LogP) is 2.42. The van der Waals surface area contributed by atoms with Crippen molar-refractivity contribution < 1.29 is 17.9 Å². The van der Waals surface area contributed by atoms with Crippen LogP contribution in [0, 0.1) is 19.3 Å². The first kappa shape index (κ1) is 16.7. The number of benzene rings is 1. The zero-order valence-corrected chi connectivity index (χ0v) is 13.5. The Labute approximate surface area is 121 Å². The summed E-state index contributed by atoms with van der Waals surface area (Å²) < 4.78 is 29.1. The molecule has 112 valence electrons. The van der Waals surface area contributed by atoms with Crippen molar-refractivity contribution in [1.82, 2.24) is 0 Å². The van der Waals surface area contributed by atoms with E-state index in [4.69, 9.17) is 0 Å². The molecular formula is C15H22O4S. The van der Waals surface area contributed by atoms with Crippen LogP contribution in [0.4, 0.5) is 0 Å². The van der Waals surface area contributed by atoms with Gasteiger partial charge in [-0.1, -0.05) is 29.3 Å². The van der Waals surface area contributed by atoms with Crippen LogP contribution in [0.25, 0.3) is 0 Å². The van der Waals surface area contributed by atoms with E-state index in [9.17, 15) is 13.2 Å². The summed E-state index contributed by atoms with van der Waals surface area (Å²) in [5.41, 5.74) is 1.78. The Morgan fingerprint density at radius 2 is 1.65 bits per heavy atom. The highest BCUT2D eigenvalue weighted by molar-refractivity contribution is 7.90. The summed E-state index contributed by atoms with van der Waals surface area (Å²) in [7, 11) is -2.12. The normalized spacial score (nSPS) is 12.2. The fourth-order valence-corrected chi connectivity index (χ4v) is 4.34. The smallest absolute Gasteiger partial charge is 0.312 e. The molecule has 0 saturated heterocycles. The van der Waals surface area contributed by atoms with Gasteiger partial charge in [-0.05, 0) is 33.3 Å². The van der Waals surface area contributed by atoms with Crippen LogP contribution in [0.5, 0.6) is 0 Å². The topological polar surface area (TPSA) is 60.4 Å². The fourth-order valence-electron chi connectivity index (χ4n) is 2.34. The van der Waals surface area contributed by atoms with Crippen molar-refractivity contribution in [3.8, 4) is 0 Å². The third kappa shape index (κ3) is 4.63. The lowest BCUT2D eigenvalue weighted by molar-refractivity contribution is -0.149. The Bertz CT molecular complexity index is 580. The maximum absolute atomic E-state index is 12.3. The Balaban J connectivity index is 2.93. The minimum atomic E-state index is -3.38. The van der Waals surface area contributed by atoms with Gasteiger partial charge in [0.05, 0.1) is 24.0 Å². The molecule has 0 bridgehead atoms. The molecular weight excluding hydrogens is 276 g/mol. The van der Waals surface area contributed by atoms with Crippen LogP contribution in [0.2, 0.25) is 0 Å². The van der Waals surface area contributed by atoms with Crippen molar-refractivity contribution in [1.29, 1.82) is 0 Å². The molecule has 0 aromatic heterocycles. The molecule has 0 N–H and O–H groups in total. The van der Waals surface area contributed by atoms with E-state index in [1.807, 2.05) is 32.0 Å². The molecule has 1 rings (SSSR count). The number of ether oxygens (including phenoxy) is 1. The predicted molar refractivity (Wildman–Crippen MR) is 79.2 cm³/mol. The lowest BCUT2D eigenvalue weighted by Gasteiger charge is -2.21. The molecule has 1 aromatic carbocycles. The van der Waals surface area contributed by atoms with Gasteiger partial charge in [0, 0.05) is 0 Å². The molecule has 0 spiro atoms. The molecule has 0 aliphatic rings. The van der Waals surface area contributed by atoms with E-state index in [1.54, 1.807) is 13.8 Å². The summed E-state index contributed by atoms with van der Waals surface area (Å²) in [4.78, 5) is 11.6. The van der Waals surface area contributed by atoms with E-state index in [2.05, 4.69) is 4.74 Å². The molecule has 0 amide bonds. The maximum atomic E-state index is 12.3. The summed E-state index contributed by atoms with van der Waals surface area (Å²) in [6.45, 7) is 7.03. The van der Waals surface area contributed by atoms with Crippen LogP contribution in [-0.4, -0.2) is 27.2 Å². The Morgan fingerprint density at radius 3 is 2.10 bits per heavy atom. The first-order valence-corrected chi connectivity index (χ1v) is 8.24. The average Bonchev–Trinajstić information content (AvgIpc) is 2.23. The third-order valence-corrected chi connectivity index (χ3v) is 4.92. The van der Waals surface area contributed by atoms with Gasteiger partial charge in [-0.2, -0.15) is 0 Å². The van der Waals surface area contributed by atoms with Crippen LogP contribution in [0.3, 0.4) is 0 Å². The maximum Gasteiger partial charge on any atom is 0.312 e. The molecule has 0 radical (unpaired) electrons. The zero-order chi connectivity index (χ0) is 15.6. The molecule has 0 atom stereocenters. The minimum absolute atomic E-state index is 0.0596. The number of hydrogen-bond donors (Lipinski definition) is 0. The van der Waals surface area contributed by atoms with Crippen molar-refractivity contribution in [3.63, 3.8) is 0 Å². The molecule has 4 nitrogen and oxygen atoms in total. The zero-order valence-electron chi connectivity index (χ0n) is 12.7. The molecule has 0 aliphatic carbocycles.